The molecule has 4 rings (SSSR count). The number of nitrogens with zero attached hydrogens (tertiary/aromatic N) is 1. The lowest BCUT2D eigenvalue weighted by Crippen LogP contribution is -2.10. The molecule has 0 unspecified atom stereocenters. The van der Waals surface area contributed by atoms with Crippen LogP contribution in [-0.2, 0) is 0 Å². The fourth-order valence-electron chi connectivity index (χ4n) is 3.28. The summed E-state index contributed by atoms with van der Waals surface area (Å²) in [4.78, 5) is 22.1. The summed E-state index contributed by atoms with van der Waals surface area (Å²) < 4.78 is 5.60. The number of hydrogen-bond donors (Lipinski definition) is 1. The van der Waals surface area contributed by atoms with E-state index in [4.69, 9.17) is 16.3 Å². The molecule has 0 saturated carbocycles. The summed E-state index contributed by atoms with van der Waals surface area (Å²) in [5.41, 5.74) is 2.65. The minimum atomic E-state index is -0.187. The maximum Gasteiger partial charge on any atom is 0.260 e. The molecular weight excluding hydrogens is 416 g/mol. The third kappa shape index (κ3) is 4.18. The number of halogens is 1. The van der Waals surface area contributed by atoms with Crippen molar-refractivity contribution in [3.63, 3.8) is 0 Å². The van der Waals surface area contributed by atoms with Crippen LogP contribution in [0.2, 0.25) is 0 Å². The first-order valence-corrected chi connectivity index (χ1v) is 11.0. The van der Waals surface area contributed by atoms with Crippen molar-refractivity contribution in [1.29, 1.82) is 0 Å². The Balaban J connectivity index is 1.70. The predicted molar refractivity (Wildman–Crippen MR) is 126 cm³/mol. The fourth-order valence-corrected chi connectivity index (χ4v) is 4.54. The van der Waals surface area contributed by atoms with Crippen molar-refractivity contribution in [2.45, 2.75) is 20.3 Å². The third-order valence-corrected chi connectivity index (χ3v) is 5.96. The summed E-state index contributed by atoms with van der Waals surface area (Å²) in [6.07, 6.45) is 2.75. The molecule has 4 nitrogen and oxygen atoms in total. The summed E-state index contributed by atoms with van der Waals surface area (Å²) in [5, 5.41) is 0.984. The van der Waals surface area contributed by atoms with Gasteiger partial charge >= 0.3 is 0 Å². The van der Waals surface area contributed by atoms with Gasteiger partial charge in [-0.05, 0) is 42.7 Å². The zero-order chi connectivity index (χ0) is 21.1. The first-order valence-electron chi connectivity index (χ1n) is 9.76. The summed E-state index contributed by atoms with van der Waals surface area (Å²) in [7, 11) is 0. The van der Waals surface area contributed by atoms with Gasteiger partial charge in [-0.3, -0.25) is 4.79 Å². The number of aromatic amines is 1. The van der Waals surface area contributed by atoms with Crippen molar-refractivity contribution >= 4 is 44.3 Å². The number of aromatic nitrogens is 2. The van der Waals surface area contributed by atoms with Gasteiger partial charge < -0.3 is 9.72 Å². The molecule has 0 aliphatic carbocycles. The number of ether oxygens (including phenoxy) is 1. The SMILES string of the molecule is CCCOc1ccc(/C=C(\Cl)c2nc3sc(C)c(-c4ccccc4)c3c(=O)[nH]2)cc1. The number of fused-ring (bicyclic) bond motifs is 1. The van der Waals surface area contributed by atoms with Crippen LogP contribution in [0.4, 0.5) is 0 Å². The number of benzene rings is 2. The highest BCUT2D eigenvalue weighted by molar-refractivity contribution is 7.19. The second-order valence-electron chi connectivity index (χ2n) is 6.90. The van der Waals surface area contributed by atoms with Crippen LogP contribution in [-0.4, -0.2) is 16.6 Å². The number of aryl methyl sites for hydroxylation is 1. The highest BCUT2D eigenvalue weighted by Gasteiger charge is 2.17. The average Bonchev–Trinajstić information content (AvgIpc) is 3.10. The van der Waals surface area contributed by atoms with E-state index in [0.29, 0.717) is 27.7 Å². The third-order valence-electron chi connectivity index (χ3n) is 4.67. The standard InChI is InChI=1S/C24H21ClN2O2S/c1-3-13-29-18-11-9-16(10-12-18)14-19(25)22-26-23(28)21-20(15(2)30-24(21)27-22)17-7-5-4-6-8-17/h4-12,14H,3,13H2,1-2H3,(H,26,27,28)/b19-14-. The first kappa shape index (κ1) is 20.4. The highest BCUT2D eigenvalue weighted by atomic mass is 35.5. The van der Waals surface area contributed by atoms with E-state index < -0.39 is 0 Å². The van der Waals surface area contributed by atoms with Gasteiger partial charge in [-0.25, -0.2) is 4.98 Å². The summed E-state index contributed by atoms with van der Waals surface area (Å²) in [6, 6.07) is 17.5. The number of hydrogen-bond acceptors (Lipinski definition) is 4. The van der Waals surface area contributed by atoms with Crippen LogP contribution >= 0.6 is 22.9 Å². The van der Waals surface area contributed by atoms with Crippen molar-refractivity contribution in [2.24, 2.45) is 0 Å². The van der Waals surface area contributed by atoms with Gasteiger partial charge in [-0.2, -0.15) is 0 Å². The van der Waals surface area contributed by atoms with E-state index in [9.17, 15) is 4.79 Å². The molecule has 0 atom stereocenters. The van der Waals surface area contributed by atoms with Crippen LogP contribution < -0.4 is 10.3 Å². The minimum absolute atomic E-state index is 0.187. The molecule has 2 aromatic carbocycles. The van der Waals surface area contributed by atoms with Gasteiger partial charge in [0.1, 0.15) is 10.6 Å². The molecule has 152 valence electrons. The molecule has 0 amide bonds. The van der Waals surface area contributed by atoms with Crippen molar-refractivity contribution in [1.82, 2.24) is 9.97 Å². The topological polar surface area (TPSA) is 55.0 Å². The molecule has 0 spiro atoms. The Labute approximate surface area is 183 Å². The number of H-pyrrole nitrogens is 1. The van der Waals surface area contributed by atoms with Gasteiger partial charge in [0.15, 0.2) is 5.82 Å². The highest BCUT2D eigenvalue weighted by Crippen LogP contribution is 2.36. The molecule has 30 heavy (non-hydrogen) atoms. The fraction of sp³-hybridized carbons (Fsp3) is 0.167. The Bertz CT molecular complexity index is 1260. The number of nitrogens with one attached hydrogen (secondary N) is 1. The minimum Gasteiger partial charge on any atom is -0.494 e. The molecule has 0 aliphatic heterocycles. The van der Waals surface area contributed by atoms with Crippen LogP contribution in [0.5, 0.6) is 5.75 Å². The van der Waals surface area contributed by atoms with Gasteiger partial charge in [0.05, 0.1) is 17.0 Å². The summed E-state index contributed by atoms with van der Waals surface area (Å²) in [6.45, 7) is 4.76. The van der Waals surface area contributed by atoms with Gasteiger partial charge in [0.2, 0.25) is 0 Å². The van der Waals surface area contributed by atoms with Crippen molar-refractivity contribution in [2.75, 3.05) is 6.61 Å². The zero-order valence-corrected chi connectivity index (χ0v) is 18.3. The Morgan fingerprint density at radius 3 is 2.60 bits per heavy atom. The smallest absolute Gasteiger partial charge is 0.260 e. The Morgan fingerprint density at radius 1 is 1.17 bits per heavy atom. The van der Waals surface area contributed by atoms with Crippen molar-refractivity contribution in [3.8, 4) is 16.9 Å². The second-order valence-corrected chi connectivity index (χ2v) is 8.51. The lowest BCUT2D eigenvalue weighted by molar-refractivity contribution is 0.317. The van der Waals surface area contributed by atoms with Gasteiger partial charge in [0.25, 0.3) is 5.56 Å². The molecule has 6 heteroatoms. The lowest BCUT2D eigenvalue weighted by Gasteiger charge is -2.05. The van der Waals surface area contributed by atoms with Crippen molar-refractivity contribution in [3.05, 3.63) is 81.2 Å². The quantitative estimate of drug-likeness (QED) is 0.376. The van der Waals surface area contributed by atoms with Gasteiger partial charge in [-0.15, -0.1) is 11.3 Å². The molecule has 0 saturated heterocycles. The van der Waals surface area contributed by atoms with E-state index in [0.717, 1.165) is 33.7 Å². The average molecular weight is 437 g/mol. The monoisotopic (exact) mass is 436 g/mol. The Kier molecular flexibility index (Phi) is 6.02. The van der Waals surface area contributed by atoms with Crippen molar-refractivity contribution < 1.29 is 4.74 Å². The maximum absolute atomic E-state index is 12.9. The first-order chi connectivity index (χ1) is 14.6. The molecule has 2 aromatic heterocycles. The van der Waals surface area contributed by atoms with Crippen LogP contribution in [0.15, 0.2) is 59.4 Å². The zero-order valence-electron chi connectivity index (χ0n) is 16.7. The van der Waals surface area contributed by atoms with Crippen LogP contribution in [0.25, 0.3) is 32.5 Å². The molecule has 2 heterocycles. The second kappa shape index (κ2) is 8.86. The van der Waals surface area contributed by atoms with Gasteiger partial charge in [0, 0.05) is 10.4 Å². The number of rotatable bonds is 6. The van der Waals surface area contributed by atoms with E-state index in [1.807, 2.05) is 61.5 Å². The molecule has 4 aromatic rings. The Morgan fingerprint density at radius 2 is 1.90 bits per heavy atom. The van der Waals surface area contributed by atoms with E-state index in [1.54, 1.807) is 6.08 Å². The summed E-state index contributed by atoms with van der Waals surface area (Å²) >= 11 is 8.00. The molecule has 0 aliphatic rings. The molecule has 0 radical (unpaired) electrons. The van der Waals surface area contributed by atoms with E-state index in [2.05, 4.69) is 16.9 Å². The molecule has 1 N–H and O–H groups in total. The van der Waals surface area contributed by atoms with E-state index >= 15 is 0 Å². The van der Waals surface area contributed by atoms with Crippen LogP contribution in [0.3, 0.4) is 0 Å². The maximum atomic E-state index is 12.9. The van der Waals surface area contributed by atoms with E-state index in [1.165, 1.54) is 11.3 Å². The van der Waals surface area contributed by atoms with E-state index in [-0.39, 0.29) is 5.56 Å². The molecule has 0 fully saturated rings. The Hall–Kier alpha value is -2.89. The normalized spacial score (nSPS) is 11.8. The van der Waals surface area contributed by atoms with Crippen LogP contribution in [0.1, 0.15) is 29.6 Å². The van der Waals surface area contributed by atoms with Gasteiger partial charge in [-0.1, -0.05) is 61.0 Å². The molecular formula is C24H21ClN2O2S. The lowest BCUT2D eigenvalue weighted by atomic mass is 10.0. The van der Waals surface area contributed by atoms with Crippen LogP contribution in [0, 0.1) is 6.92 Å². The number of thiophene rings is 1. The summed E-state index contributed by atoms with van der Waals surface area (Å²) in [5.74, 6) is 1.18. The largest absolute Gasteiger partial charge is 0.494 e. The molecule has 0 bridgehead atoms. The predicted octanol–water partition coefficient (Wildman–Crippen LogP) is 6.49.